The van der Waals surface area contributed by atoms with E-state index in [1.54, 1.807) is 6.07 Å². The van der Waals surface area contributed by atoms with Gasteiger partial charge in [-0.2, -0.15) is 10.2 Å². The summed E-state index contributed by atoms with van der Waals surface area (Å²) in [7, 11) is 0. The molecule has 1 fully saturated rings. The second-order valence-electron chi connectivity index (χ2n) is 4.49. The van der Waals surface area contributed by atoms with Crippen molar-refractivity contribution in [2.75, 3.05) is 0 Å². The third kappa shape index (κ3) is 2.56. The summed E-state index contributed by atoms with van der Waals surface area (Å²) in [5, 5.41) is 9.23. The Morgan fingerprint density at radius 1 is 1.35 bits per heavy atom. The van der Waals surface area contributed by atoms with Crippen LogP contribution >= 0.6 is 11.6 Å². The van der Waals surface area contributed by atoms with E-state index in [1.807, 2.05) is 0 Å². The molecule has 0 atom stereocenters. The van der Waals surface area contributed by atoms with Gasteiger partial charge >= 0.3 is 0 Å². The van der Waals surface area contributed by atoms with Gasteiger partial charge in [0.2, 0.25) is 5.88 Å². The molecule has 6 heteroatoms. The molecule has 1 saturated carbocycles. The first-order valence-corrected chi connectivity index (χ1v) is 6.46. The smallest absolute Gasteiger partial charge is 0.224 e. The lowest BCUT2D eigenvalue weighted by Gasteiger charge is -2.08. The van der Waals surface area contributed by atoms with Crippen LogP contribution in [0.15, 0.2) is 24.3 Å². The molecule has 1 aromatic heterocycles. The first-order chi connectivity index (χ1) is 9.67. The van der Waals surface area contributed by atoms with E-state index in [0.717, 1.165) is 12.8 Å². The highest BCUT2D eigenvalue weighted by Gasteiger charge is 2.27. The zero-order chi connectivity index (χ0) is 14.1. The van der Waals surface area contributed by atoms with Crippen molar-refractivity contribution >= 4 is 11.6 Å². The average Bonchev–Trinajstić information content (AvgIpc) is 3.22. The van der Waals surface area contributed by atoms with Crippen LogP contribution in [-0.4, -0.2) is 9.97 Å². The molecule has 0 N–H and O–H groups in total. The molecule has 100 valence electrons. The first kappa shape index (κ1) is 12.8. The molecule has 1 aliphatic carbocycles. The highest BCUT2D eigenvalue weighted by atomic mass is 35.5. The predicted octanol–water partition coefficient (Wildman–Crippen LogP) is 3.81. The summed E-state index contributed by atoms with van der Waals surface area (Å²) in [4.78, 5) is 8.38. The third-order valence-corrected chi connectivity index (χ3v) is 3.13. The van der Waals surface area contributed by atoms with Crippen LogP contribution in [-0.2, 0) is 0 Å². The number of halogens is 2. The van der Waals surface area contributed by atoms with Crippen LogP contribution in [0.2, 0.25) is 5.15 Å². The molecule has 0 unspecified atom stereocenters. The van der Waals surface area contributed by atoms with Crippen LogP contribution in [0.4, 0.5) is 4.39 Å². The number of aromatic nitrogens is 2. The molecular weight excluding hydrogens is 281 g/mol. The molecule has 20 heavy (non-hydrogen) atoms. The number of nitriles is 1. The molecule has 1 aliphatic rings. The lowest BCUT2D eigenvalue weighted by Crippen LogP contribution is -1.98. The minimum Gasteiger partial charge on any atom is -0.437 e. The maximum Gasteiger partial charge on any atom is 0.224 e. The van der Waals surface area contributed by atoms with Gasteiger partial charge in [0.15, 0.2) is 0 Å². The number of hydrogen-bond acceptors (Lipinski definition) is 4. The van der Waals surface area contributed by atoms with Gasteiger partial charge in [0.05, 0.1) is 0 Å². The number of benzene rings is 1. The Kier molecular flexibility index (Phi) is 3.25. The molecule has 0 spiro atoms. The Morgan fingerprint density at radius 2 is 2.15 bits per heavy atom. The zero-order valence-corrected chi connectivity index (χ0v) is 11.1. The van der Waals surface area contributed by atoms with Gasteiger partial charge < -0.3 is 4.74 Å². The molecule has 0 saturated heterocycles. The van der Waals surface area contributed by atoms with Crippen LogP contribution in [0.5, 0.6) is 11.6 Å². The normalized spacial score (nSPS) is 13.8. The Morgan fingerprint density at radius 3 is 2.85 bits per heavy atom. The van der Waals surface area contributed by atoms with Gasteiger partial charge in [-0.1, -0.05) is 17.7 Å². The van der Waals surface area contributed by atoms with E-state index < -0.39 is 5.82 Å². The molecule has 0 radical (unpaired) electrons. The standard InChI is InChI=1S/C14H9ClFN3O/c15-12-6-13(19-14(18-12)8-4-5-8)20-11-3-1-2-10(16)9(11)7-17/h1-3,6,8H,4-5H2. The van der Waals surface area contributed by atoms with Crippen molar-refractivity contribution in [1.29, 1.82) is 5.26 Å². The predicted molar refractivity (Wildman–Crippen MR) is 70.2 cm³/mol. The minimum atomic E-state index is -0.632. The van der Waals surface area contributed by atoms with Crippen molar-refractivity contribution in [2.45, 2.75) is 18.8 Å². The zero-order valence-electron chi connectivity index (χ0n) is 10.3. The van der Waals surface area contributed by atoms with E-state index in [1.165, 1.54) is 24.3 Å². The largest absolute Gasteiger partial charge is 0.437 e. The second-order valence-corrected chi connectivity index (χ2v) is 4.88. The van der Waals surface area contributed by atoms with Crippen molar-refractivity contribution < 1.29 is 9.13 Å². The Labute approximate surface area is 119 Å². The second kappa shape index (κ2) is 5.06. The van der Waals surface area contributed by atoms with Crippen molar-refractivity contribution in [3.63, 3.8) is 0 Å². The van der Waals surface area contributed by atoms with Crippen LogP contribution in [0.3, 0.4) is 0 Å². The summed E-state index contributed by atoms with van der Waals surface area (Å²) < 4.78 is 19.0. The minimum absolute atomic E-state index is 0.115. The van der Waals surface area contributed by atoms with Gasteiger partial charge in [-0.05, 0) is 25.0 Å². The van der Waals surface area contributed by atoms with Crippen molar-refractivity contribution in [3.05, 3.63) is 46.6 Å². The summed E-state index contributed by atoms with van der Waals surface area (Å²) in [6.07, 6.45) is 2.06. The topological polar surface area (TPSA) is 58.8 Å². The fourth-order valence-electron chi connectivity index (χ4n) is 1.80. The Balaban J connectivity index is 1.95. The lowest BCUT2D eigenvalue weighted by molar-refractivity contribution is 0.452. The molecule has 0 aliphatic heterocycles. The van der Waals surface area contributed by atoms with Gasteiger partial charge in [-0.3, -0.25) is 0 Å². The maximum atomic E-state index is 13.5. The quantitative estimate of drug-likeness (QED) is 0.806. The SMILES string of the molecule is N#Cc1c(F)cccc1Oc1cc(Cl)nc(C2CC2)n1. The van der Waals surface area contributed by atoms with Gasteiger partial charge in [0, 0.05) is 12.0 Å². The molecule has 4 nitrogen and oxygen atoms in total. The summed E-state index contributed by atoms with van der Waals surface area (Å²) in [6, 6.07) is 7.40. The number of hydrogen-bond donors (Lipinski definition) is 0. The Hall–Kier alpha value is -2.19. The van der Waals surface area contributed by atoms with Crippen molar-refractivity contribution in [2.24, 2.45) is 0 Å². The van der Waals surface area contributed by atoms with Crippen LogP contribution in [0.25, 0.3) is 0 Å². The molecule has 0 bridgehead atoms. The fourth-order valence-corrected chi connectivity index (χ4v) is 1.98. The molecule has 2 aromatic rings. The van der Waals surface area contributed by atoms with E-state index in [-0.39, 0.29) is 22.3 Å². The van der Waals surface area contributed by atoms with E-state index in [2.05, 4.69) is 9.97 Å². The van der Waals surface area contributed by atoms with Gasteiger partial charge in [0.25, 0.3) is 0 Å². The molecule has 1 aromatic carbocycles. The summed E-state index contributed by atoms with van der Waals surface area (Å²) in [6.45, 7) is 0. The van der Waals surface area contributed by atoms with Gasteiger partial charge in [0.1, 0.15) is 34.2 Å². The van der Waals surface area contributed by atoms with Gasteiger partial charge in [-0.15, -0.1) is 0 Å². The summed E-state index contributed by atoms with van der Waals surface area (Å²) >= 11 is 5.92. The number of rotatable bonds is 3. The first-order valence-electron chi connectivity index (χ1n) is 6.08. The maximum absolute atomic E-state index is 13.5. The highest BCUT2D eigenvalue weighted by Crippen LogP contribution is 2.39. The fraction of sp³-hybridized carbons (Fsp3) is 0.214. The molecule has 3 rings (SSSR count). The van der Waals surface area contributed by atoms with Crippen LogP contribution < -0.4 is 4.74 Å². The van der Waals surface area contributed by atoms with Crippen molar-refractivity contribution in [1.82, 2.24) is 9.97 Å². The molecule has 1 heterocycles. The highest BCUT2D eigenvalue weighted by molar-refractivity contribution is 6.29. The summed E-state index contributed by atoms with van der Waals surface area (Å²) in [5.41, 5.74) is -0.157. The number of ether oxygens (including phenoxy) is 1. The number of nitrogens with zero attached hydrogens (tertiary/aromatic N) is 3. The lowest BCUT2D eigenvalue weighted by atomic mass is 10.2. The molecule has 0 amide bonds. The van der Waals surface area contributed by atoms with E-state index >= 15 is 0 Å². The third-order valence-electron chi connectivity index (χ3n) is 2.93. The van der Waals surface area contributed by atoms with Gasteiger partial charge in [-0.25, -0.2) is 9.37 Å². The molecular formula is C14H9ClFN3O. The average molecular weight is 290 g/mol. The van der Waals surface area contributed by atoms with Crippen LogP contribution in [0, 0.1) is 17.1 Å². The van der Waals surface area contributed by atoms with Crippen LogP contribution in [0.1, 0.15) is 30.1 Å². The van der Waals surface area contributed by atoms with E-state index in [9.17, 15) is 4.39 Å². The Bertz CT molecular complexity index is 710. The van der Waals surface area contributed by atoms with E-state index in [4.69, 9.17) is 21.6 Å². The van der Waals surface area contributed by atoms with Crippen molar-refractivity contribution in [3.8, 4) is 17.7 Å². The summed E-state index contributed by atoms with van der Waals surface area (Å²) in [5.74, 6) is 0.645. The van der Waals surface area contributed by atoms with E-state index in [0.29, 0.717) is 11.7 Å². The monoisotopic (exact) mass is 289 g/mol.